The summed E-state index contributed by atoms with van der Waals surface area (Å²) >= 11 is 3.30. The quantitative estimate of drug-likeness (QED) is 0.856. The maximum Gasteiger partial charge on any atom is 0.240 e. The van der Waals surface area contributed by atoms with E-state index in [2.05, 4.69) is 38.1 Å². The summed E-state index contributed by atoms with van der Waals surface area (Å²) in [7, 11) is -3.50. The van der Waals surface area contributed by atoms with E-state index in [1.807, 2.05) is 12.1 Å². The number of halogens is 1. The van der Waals surface area contributed by atoms with Crippen molar-refractivity contribution in [1.29, 1.82) is 0 Å². The molecule has 0 aliphatic carbocycles. The largest absolute Gasteiger partial charge is 0.308 e. The summed E-state index contributed by atoms with van der Waals surface area (Å²) in [6, 6.07) is 14.9. The molecule has 22 heavy (non-hydrogen) atoms. The minimum atomic E-state index is -3.50. The van der Waals surface area contributed by atoms with Gasteiger partial charge in [-0.3, -0.25) is 0 Å². The van der Waals surface area contributed by atoms with Gasteiger partial charge in [-0.25, -0.2) is 13.1 Å². The molecular weight excluding hydrogens is 364 g/mol. The fourth-order valence-electron chi connectivity index (χ4n) is 2.69. The van der Waals surface area contributed by atoms with Crippen molar-refractivity contribution in [2.24, 2.45) is 0 Å². The highest BCUT2D eigenvalue weighted by Crippen LogP contribution is 2.23. The van der Waals surface area contributed by atoms with Gasteiger partial charge in [0.1, 0.15) is 0 Å². The number of benzene rings is 2. The second-order valence-electron chi connectivity index (χ2n) is 5.26. The van der Waals surface area contributed by atoms with Gasteiger partial charge in [-0.2, -0.15) is 0 Å². The summed E-state index contributed by atoms with van der Waals surface area (Å²) in [6.07, 6.45) is 0.977. The number of sulfonamides is 1. The van der Waals surface area contributed by atoms with Crippen LogP contribution in [-0.2, 0) is 16.4 Å². The Morgan fingerprint density at radius 1 is 1.18 bits per heavy atom. The molecule has 2 aromatic rings. The number of fused-ring (bicyclic) bond motifs is 1. The van der Waals surface area contributed by atoms with Gasteiger partial charge >= 0.3 is 0 Å². The third-order valence-corrected chi connectivity index (χ3v) is 5.71. The van der Waals surface area contributed by atoms with Gasteiger partial charge in [0.05, 0.1) is 4.90 Å². The maximum atomic E-state index is 12.4. The first-order valence-corrected chi connectivity index (χ1v) is 9.40. The molecule has 1 atom stereocenters. The van der Waals surface area contributed by atoms with Crippen LogP contribution in [0, 0.1) is 0 Å². The molecule has 6 heteroatoms. The van der Waals surface area contributed by atoms with E-state index in [1.165, 1.54) is 11.1 Å². The zero-order valence-electron chi connectivity index (χ0n) is 11.9. The van der Waals surface area contributed by atoms with E-state index in [1.54, 1.807) is 24.3 Å². The normalized spacial score (nSPS) is 18.0. The first kappa shape index (κ1) is 15.7. The smallest absolute Gasteiger partial charge is 0.240 e. The average molecular weight is 381 g/mol. The highest BCUT2D eigenvalue weighted by atomic mass is 79.9. The summed E-state index contributed by atoms with van der Waals surface area (Å²) in [4.78, 5) is 0.269. The number of hydrogen-bond acceptors (Lipinski definition) is 3. The molecule has 1 heterocycles. The van der Waals surface area contributed by atoms with E-state index in [4.69, 9.17) is 0 Å². The molecule has 0 spiro atoms. The van der Waals surface area contributed by atoms with Crippen LogP contribution in [0.25, 0.3) is 0 Å². The Balaban J connectivity index is 1.76. The molecule has 3 rings (SSSR count). The van der Waals surface area contributed by atoms with Gasteiger partial charge in [0.2, 0.25) is 10.0 Å². The molecule has 116 valence electrons. The molecule has 0 amide bonds. The molecule has 0 saturated carbocycles. The lowest BCUT2D eigenvalue weighted by Gasteiger charge is -2.27. The summed E-state index contributed by atoms with van der Waals surface area (Å²) in [5.41, 5.74) is 2.46. The second-order valence-corrected chi connectivity index (χ2v) is 7.95. The summed E-state index contributed by atoms with van der Waals surface area (Å²) in [5.74, 6) is 0. The number of nitrogens with one attached hydrogen (secondary N) is 2. The van der Waals surface area contributed by atoms with Crippen LogP contribution in [0.4, 0.5) is 0 Å². The van der Waals surface area contributed by atoms with Crippen molar-refractivity contribution < 1.29 is 8.42 Å². The zero-order valence-corrected chi connectivity index (χ0v) is 14.3. The van der Waals surface area contributed by atoms with Gasteiger partial charge in [-0.05, 0) is 42.3 Å². The van der Waals surface area contributed by atoms with Crippen molar-refractivity contribution >= 4 is 26.0 Å². The van der Waals surface area contributed by atoms with E-state index < -0.39 is 10.0 Å². The van der Waals surface area contributed by atoms with E-state index in [-0.39, 0.29) is 10.9 Å². The molecular formula is C16H17BrN2O2S. The topological polar surface area (TPSA) is 58.2 Å². The first-order valence-electron chi connectivity index (χ1n) is 7.13. The predicted octanol–water partition coefficient (Wildman–Crippen LogP) is 2.61. The van der Waals surface area contributed by atoms with E-state index in [0.29, 0.717) is 6.54 Å². The minimum Gasteiger partial charge on any atom is -0.308 e. The summed E-state index contributed by atoms with van der Waals surface area (Å²) in [6.45, 7) is 1.20. The first-order chi connectivity index (χ1) is 10.6. The van der Waals surface area contributed by atoms with Crippen LogP contribution in [0.1, 0.15) is 17.2 Å². The van der Waals surface area contributed by atoms with Crippen molar-refractivity contribution in [3.05, 3.63) is 64.1 Å². The Kier molecular flexibility index (Phi) is 4.63. The van der Waals surface area contributed by atoms with Gasteiger partial charge in [-0.15, -0.1) is 0 Å². The Labute approximate surface area is 139 Å². The van der Waals surface area contributed by atoms with Gasteiger partial charge in [0.15, 0.2) is 0 Å². The monoisotopic (exact) mass is 380 g/mol. The van der Waals surface area contributed by atoms with Crippen molar-refractivity contribution in [1.82, 2.24) is 10.0 Å². The minimum absolute atomic E-state index is 0.00637. The molecule has 0 bridgehead atoms. The van der Waals surface area contributed by atoms with Crippen molar-refractivity contribution in [3.8, 4) is 0 Å². The molecule has 1 unspecified atom stereocenters. The van der Waals surface area contributed by atoms with Crippen LogP contribution in [0.15, 0.2) is 57.9 Å². The lowest BCUT2D eigenvalue weighted by molar-refractivity contribution is 0.491. The fraction of sp³-hybridized carbons (Fsp3) is 0.250. The number of hydrogen-bond donors (Lipinski definition) is 2. The van der Waals surface area contributed by atoms with Crippen molar-refractivity contribution in [3.63, 3.8) is 0 Å². The van der Waals surface area contributed by atoms with Gasteiger partial charge in [0, 0.05) is 17.1 Å². The Morgan fingerprint density at radius 3 is 2.82 bits per heavy atom. The third-order valence-electron chi connectivity index (χ3n) is 3.80. The van der Waals surface area contributed by atoms with Crippen LogP contribution in [0.5, 0.6) is 0 Å². The van der Waals surface area contributed by atoms with Gasteiger partial charge < -0.3 is 5.32 Å². The Bertz CT molecular complexity index is 777. The van der Waals surface area contributed by atoms with Crippen LogP contribution in [-0.4, -0.2) is 21.5 Å². The SMILES string of the molecule is O=S(=O)(NCC1NCCc2ccccc21)c1cccc(Br)c1. The highest BCUT2D eigenvalue weighted by Gasteiger charge is 2.22. The average Bonchev–Trinajstić information content (AvgIpc) is 2.53. The van der Waals surface area contributed by atoms with Gasteiger partial charge in [-0.1, -0.05) is 46.3 Å². The number of rotatable bonds is 4. The summed E-state index contributed by atoms with van der Waals surface area (Å²) in [5, 5.41) is 3.37. The lowest BCUT2D eigenvalue weighted by Crippen LogP contribution is -2.38. The molecule has 1 aliphatic rings. The highest BCUT2D eigenvalue weighted by molar-refractivity contribution is 9.10. The zero-order chi connectivity index (χ0) is 15.6. The molecule has 2 aromatic carbocycles. The fourth-order valence-corrected chi connectivity index (χ4v) is 4.33. The molecule has 0 fully saturated rings. The predicted molar refractivity (Wildman–Crippen MR) is 90.2 cm³/mol. The standard InChI is InChI=1S/C16H17BrN2O2S/c17-13-5-3-6-14(10-13)22(20,21)19-11-16-15-7-2-1-4-12(15)8-9-18-16/h1-7,10,16,18-19H,8-9,11H2. The third kappa shape index (κ3) is 3.41. The second kappa shape index (κ2) is 6.50. The van der Waals surface area contributed by atoms with E-state index >= 15 is 0 Å². The van der Waals surface area contributed by atoms with Crippen LogP contribution < -0.4 is 10.0 Å². The Hall–Kier alpha value is -1.21. The van der Waals surface area contributed by atoms with Crippen molar-refractivity contribution in [2.75, 3.05) is 13.1 Å². The lowest BCUT2D eigenvalue weighted by atomic mass is 9.95. The van der Waals surface area contributed by atoms with Crippen LogP contribution in [0.3, 0.4) is 0 Å². The van der Waals surface area contributed by atoms with E-state index in [9.17, 15) is 8.42 Å². The molecule has 0 saturated heterocycles. The molecule has 0 aromatic heterocycles. The van der Waals surface area contributed by atoms with Crippen LogP contribution >= 0.6 is 15.9 Å². The molecule has 2 N–H and O–H groups in total. The summed E-state index contributed by atoms with van der Waals surface area (Å²) < 4.78 is 28.2. The Morgan fingerprint density at radius 2 is 2.00 bits per heavy atom. The maximum absolute atomic E-state index is 12.4. The molecule has 4 nitrogen and oxygen atoms in total. The van der Waals surface area contributed by atoms with Crippen LogP contribution in [0.2, 0.25) is 0 Å². The van der Waals surface area contributed by atoms with E-state index in [0.717, 1.165) is 17.4 Å². The van der Waals surface area contributed by atoms with Crippen molar-refractivity contribution in [2.45, 2.75) is 17.4 Å². The molecule has 1 aliphatic heterocycles. The van der Waals surface area contributed by atoms with Gasteiger partial charge in [0.25, 0.3) is 0 Å². The molecule has 0 radical (unpaired) electrons.